The molecular weight excluding hydrogens is 464 g/mol. The number of hydrogen-bond acceptors (Lipinski definition) is 6. The van der Waals surface area contributed by atoms with Gasteiger partial charge in [0.1, 0.15) is 5.82 Å². The number of nitrogens with zero attached hydrogens (tertiary/aromatic N) is 5. The Morgan fingerprint density at radius 1 is 1.08 bits per heavy atom. The van der Waals surface area contributed by atoms with Crippen LogP contribution in [0.1, 0.15) is 28.9 Å². The van der Waals surface area contributed by atoms with Crippen LogP contribution < -0.4 is 10.2 Å². The van der Waals surface area contributed by atoms with Crippen LogP contribution >= 0.6 is 0 Å². The summed E-state index contributed by atoms with van der Waals surface area (Å²) >= 11 is 0. The molecule has 2 N–H and O–H groups in total. The first-order valence-corrected chi connectivity index (χ1v) is 12.0. The third-order valence-electron chi connectivity index (χ3n) is 6.76. The van der Waals surface area contributed by atoms with Gasteiger partial charge in [0, 0.05) is 60.8 Å². The minimum Gasteiger partial charge on any atom is -0.350 e. The van der Waals surface area contributed by atoms with E-state index in [1.165, 1.54) is 17.5 Å². The number of hydrogen-bond donors (Lipinski definition) is 2. The summed E-state index contributed by atoms with van der Waals surface area (Å²) in [5.41, 5.74) is 4.53. The van der Waals surface area contributed by atoms with E-state index in [1.807, 2.05) is 30.6 Å². The van der Waals surface area contributed by atoms with Crippen LogP contribution in [0.25, 0.3) is 22.0 Å². The molecule has 0 radical (unpaired) electrons. The number of H-pyrrole nitrogens is 1. The summed E-state index contributed by atoms with van der Waals surface area (Å²) in [5, 5.41) is 10.7. The Labute approximate surface area is 206 Å². The number of fused-ring (bicyclic) bond motifs is 1. The van der Waals surface area contributed by atoms with Crippen molar-refractivity contribution in [2.24, 2.45) is 0 Å². The number of rotatable bonds is 6. The predicted molar refractivity (Wildman–Crippen MR) is 133 cm³/mol. The highest BCUT2D eigenvalue weighted by atomic mass is 19.3. The molecule has 2 fully saturated rings. The van der Waals surface area contributed by atoms with Gasteiger partial charge in [0.2, 0.25) is 0 Å². The quantitative estimate of drug-likeness (QED) is 0.419. The number of amides is 1. The van der Waals surface area contributed by atoms with Crippen molar-refractivity contribution < 1.29 is 13.6 Å². The van der Waals surface area contributed by atoms with Crippen LogP contribution in [-0.4, -0.2) is 63.1 Å². The van der Waals surface area contributed by atoms with Gasteiger partial charge in [0.05, 0.1) is 12.1 Å². The number of aromatic amines is 1. The first-order valence-electron chi connectivity index (χ1n) is 12.0. The van der Waals surface area contributed by atoms with Gasteiger partial charge >= 0.3 is 0 Å². The van der Waals surface area contributed by atoms with Crippen molar-refractivity contribution in [2.75, 3.05) is 36.4 Å². The Bertz CT molecular complexity index is 1430. The lowest BCUT2D eigenvalue weighted by Crippen LogP contribution is -2.36. The monoisotopic (exact) mass is 489 g/mol. The summed E-state index contributed by atoms with van der Waals surface area (Å²) in [7, 11) is 0. The molecule has 0 bridgehead atoms. The number of aromatic nitrogens is 4. The number of pyridine rings is 2. The molecule has 2 aliphatic heterocycles. The number of benzene rings is 1. The maximum Gasteiger partial charge on any atom is 0.276 e. The molecule has 10 heteroatoms. The topological polar surface area (TPSA) is 90.0 Å². The number of nitrogens with one attached hydrogen (secondary N) is 2. The van der Waals surface area contributed by atoms with Gasteiger partial charge in [-0.05, 0) is 54.9 Å². The third-order valence-corrected chi connectivity index (χ3v) is 6.76. The number of halogens is 2. The molecule has 4 aromatic rings. The van der Waals surface area contributed by atoms with Crippen LogP contribution in [0.3, 0.4) is 0 Å². The standard InChI is InChI=1S/C26H25F2N7O/c27-26(28)5-9-35(16-26)23-12-20(4-6-30-23)31-25(36)24-21-11-18(2-3-22(21)32-33-24)19-10-17(13-29-14-19)15-34-7-1-8-34/h2-4,6,10-14H,1,5,7-9,15-16H2,(H,32,33)(H,30,31,36). The average molecular weight is 490 g/mol. The Balaban J connectivity index is 1.23. The largest absolute Gasteiger partial charge is 0.350 e. The van der Waals surface area contributed by atoms with E-state index in [0.29, 0.717) is 16.9 Å². The van der Waals surface area contributed by atoms with Gasteiger partial charge in [-0.25, -0.2) is 13.8 Å². The summed E-state index contributed by atoms with van der Waals surface area (Å²) in [5.74, 6) is -2.71. The zero-order chi connectivity index (χ0) is 24.7. The summed E-state index contributed by atoms with van der Waals surface area (Å²) in [4.78, 5) is 25.6. The number of likely N-dealkylation sites (tertiary alicyclic amines) is 1. The maximum atomic E-state index is 13.6. The van der Waals surface area contributed by atoms with Gasteiger partial charge < -0.3 is 10.2 Å². The molecule has 36 heavy (non-hydrogen) atoms. The van der Waals surface area contributed by atoms with Crippen LogP contribution in [0, 0.1) is 0 Å². The molecule has 184 valence electrons. The van der Waals surface area contributed by atoms with Crippen LogP contribution in [0.4, 0.5) is 20.3 Å². The van der Waals surface area contributed by atoms with E-state index in [9.17, 15) is 13.6 Å². The van der Waals surface area contributed by atoms with Crippen LogP contribution in [0.15, 0.2) is 55.0 Å². The van der Waals surface area contributed by atoms with Crippen molar-refractivity contribution in [1.82, 2.24) is 25.1 Å². The molecule has 6 rings (SSSR count). The molecule has 3 aromatic heterocycles. The first kappa shape index (κ1) is 22.5. The molecule has 0 saturated carbocycles. The van der Waals surface area contributed by atoms with Crippen molar-refractivity contribution in [3.8, 4) is 11.1 Å². The highest BCUT2D eigenvalue weighted by Crippen LogP contribution is 2.31. The maximum absolute atomic E-state index is 13.6. The second kappa shape index (κ2) is 8.94. The average Bonchev–Trinajstić information content (AvgIpc) is 3.44. The van der Waals surface area contributed by atoms with Crippen LogP contribution in [-0.2, 0) is 6.54 Å². The molecule has 1 aromatic carbocycles. The fourth-order valence-corrected chi connectivity index (χ4v) is 4.69. The molecule has 0 spiro atoms. The minimum atomic E-state index is -2.73. The molecule has 5 heterocycles. The van der Waals surface area contributed by atoms with Gasteiger partial charge in [-0.2, -0.15) is 5.10 Å². The van der Waals surface area contributed by atoms with Crippen molar-refractivity contribution in [2.45, 2.75) is 25.3 Å². The number of carbonyl (C=O) groups is 1. The second-order valence-electron chi connectivity index (χ2n) is 9.43. The van der Waals surface area contributed by atoms with Crippen LogP contribution in [0.5, 0.6) is 0 Å². The van der Waals surface area contributed by atoms with Crippen molar-refractivity contribution in [3.63, 3.8) is 0 Å². The highest BCUT2D eigenvalue weighted by molar-refractivity contribution is 6.11. The summed E-state index contributed by atoms with van der Waals surface area (Å²) in [6.45, 7) is 2.96. The summed E-state index contributed by atoms with van der Waals surface area (Å²) < 4.78 is 27.2. The van der Waals surface area contributed by atoms with Crippen LogP contribution in [0.2, 0.25) is 0 Å². The predicted octanol–water partition coefficient (Wildman–Crippen LogP) is 4.32. The zero-order valence-corrected chi connectivity index (χ0v) is 19.5. The summed E-state index contributed by atoms with van der Waals surface area (Å²) in [6.07, 6.45) is 6.25. The Morgan fingerprint density at radius 2 is 1.97 bits per heavy atom. The lowest BCUT2D eigenvalue weighted by molar-refractivity contribution is 0.0256. The minimum absolute atomic E-state index is 0.205. The molecule has 2 aliphatic rings. The van der Waals surface area contributed by atoms with Gasteiger partial charge in [-0.3, -0.25) is 19.8 Å². The fourth-order valence-electron chi connectivity index (χ4n) is 4.69. The SMILES string of the molecule is O=C(Nc1ccnc(N2CCC(F)(F)C2)c1)c1n[nH]c2ccc(-c3cncc(CN4CCC4)c3)cc12. The Kier molecular flexibility index (Phi) is 5.60. The second-order valence-corrected chi connectivity index (χ2v) is 9.43. The number of anilines is 2. The van der Waals surface area contributed by atoms with Gasteiger partial charge in [0.15, 0.2) is 5.69 Å². The fraction of sp³-hybridized carbons (Fsp3) is 0.308. The molecule has 1 amide bonds. The Hall–Kier alpha value is -3.92. The van der Waals surface area contributed by atoms with Crippen molar-refractivity contribution in [1.29, 1.82) is 0 Å². The van der Waals surface area contributed by atoms with Gasteiger partial charge in [0.25, 0.3) is 11.8 Å². The van der Waals surface area contributed by atoms with E-state index in [0.717, 1.165) is 41.8 Å². The molecule has 8 nitrogen and oxygen atoms in total. The van der Waals surface area contributed by atoms with Crippen molar-refractivity contribution >= 4 is 28.3 Å². The van der Waals surface area contributed by atoms with E-state index in [4.69, 9.17) is 0 Å². The molecule has 0 unspecified atom stereocenters. The molecule has 0 atom stereocenters. The normalized spacial score (nSPS) is 17.3. The first-order chi connectivity index (χ1) is 17.4. The number of alkyl halides is 2. The third kappa shape index (κ3) is 4.51. The van der Waals surface area contributed by atoms with E-state index in [2.05, 4.69) is 36.4 Å². The van der Waals surface area contributed by atoms with Gasteiger partial charge in [-0.15, -0.1) is 0 Å². The van der Waals surface area contributed by atoms with Crippen molar-refractivity contribution in [3.05, 3.63) is 66.2 Å². The van der Waals surface area contributed by atoms with E-state index in [-0.39, 0.29) is 25.2 Å². The van der Waals surface area contributed by atoms with E-state index < -0.39 is 11.8 Å². The number of carbonyl (C=O) groups excluding carboxylic acids is 1. The van der Waals surface area contributed by atoms with Gasteiger partial charge in [-0.1, -0.05) is 6.07 Å². The molecular formula is C26H25F2N7O. The van der Waals surface area contributed by atoms with E-state index in [1.54, 1.807) is 12.1 Å². The zero-order valence-electron chi connectivity index (χ0n) is 19.5. The Morgan fingerprint density at radius 3 is 2.75 bits per heavy atom. The molecule has 2 saturated heterocycles. The highest BCUT2D eigenvalue weighted by Gasteiger charge is 2.38. The lowest BCUT2D eigenvalue weighted by Gasteiger charge is -2.30. The smallest absolute Gasteiger partial charge is 0.276 e. The summed E-state index contributed by atoms with van der Waals surface area (Å²) in [6, 6.07) is 11.2. The molecule has 0 aliphatic carbocycles. The lowest BCUT2D eigenvalue weighted by atomic mass is 10.0. The van der Waals surface area contributed by atoms with E-state index >= 15 is 0 Å².